The van der Waals surface area contributed by atoms with E-state index in [0.29, 0.717) is 24.7 Å². The number of nitrogens with one attached hydrogen (secondary N) is 1. The van der Waals surface area contributed by atoms with E-state index >= 15 is 0 Å². The molecule has 1 aromatic heterocycles. The molecule has 1 saturated heterocycles. The van der Waals surface area contributed by atoms with Crippen molar-refractivity contribution in [2.45, 2.75) is 12.3 Å². The van der Waals surface area contributed by atoms with Crippen LogP contribution in [0.4, 0.5) is 5.82 Å². The number of methoxy groups -OCH3 is 1. The molecule has 0 unspecified atom stereocenters. The Balaban J connectivity index is 2.31. The average molecular weight is 207 g/mol. The predicted molar refractivity (Wildman–Crippen MR) is 55.6 cm³/mol. The molecule has 3 N–H and O–H groups in total. The van der Waals surface area contributed by atoms with E-state index in [1.165, 1.54) is 0 Å². The second-order valence-electron chi connectivity index (χ2n) is 3.54. The summed E-state index contributed by atoms with van der Waals surface area (Å²) < 4.78 is 5.14. The third-order valence-corrected chi connectivity index (χ3v) is 2.52. The molecule has 0 radical (unpaired) electrons. The van der Waals surface area contributed by atoms with Gasteiger partial charge in [0.25, 0.3) is 0 Å². The van der Waals surface area contributed by atoms with Crippen molar-refractivity contribution >= 4 is 11.7 Å². The molecule has 5 heteroatoms. The number of rotatable bonds is 2. The van der Waals surface area contributed by atoms with E-state index in [-0.39, 0.29) is 11.8 Å². The lowest BCUT2D eigenvalue weighted by Crippen LogP contribution is -2.13. The minimum Gasteiger partial charge on any atom is -0.481 e. The molecular formula is C10H13N3O2. The van der Waals surface area contributed by atoms with Crippen molar-refractivity contribution in [1.29, 1.82) is 0 Å². The van der Waals surface area contributed by atoms with Crippen LogP contribution in [0.15, 0.2) is 12.1 Å². The first-order valence-corrected chi connectivity index (χ1v) is 4.78. The first-order chi connectivity index (χ1) is 7.20. The summed E-state index contributed by atoms with van der Waals surface area (Å²) in [5.41, 5.74) is 6.49. The Morgan fingerprint density at radius 1 is 1.60 bits per heavy atom. The summed E-state index contributed by atoms with van der Waals surface area (Å²) in [4.78, 5) is 15.2. The van der Waals surface area contributed by atoms with Crippen molar-refractivity contribution in [3.05, 3.63) is 17.7 Å². The number of nitrogen functional groups attached to an aromatic ring is 1. The van der Waals surface area contributed by atoms with Crippen LogP contribution in [0.25, 0.3) is 0 Å². The zero-order valence-electron chi connectivity index (χ0n) is 8.49. The van der Waals surface area contributed by atoms with Crippen LogP contribution < -0.4 is 15.8 Å². The molecule has 0 bridgehead atoms. The summed E-state index contributed by atoms with van der Waals surface area (Å²) >= 11 is 0. The summed E-state index contributed by atoms with van der Waals surface area (Å²) in [6, 6.07) is 3.59. The number of ether oxygens (including phenoxy) is 1. The Hall–Kier alpha value is -1.78. The number of carbonyl (C=O) groups excluding carboxylic acids is 1. The van der Waals surface area contributed by atoms with Crippen molar-refractivity contribution in [1.82, 2.24) is 10.3 Å². The molecule has 1 aliphatic heterocycles. The number of hydrogen-bond acceptors (Lipinski definition) is 4. The lowest BCUT2D eigenvalue weighted by molar-refractivity contribution is -0.119. The van der Waals surface area contributed by atoms with Gasteiger partial charge in [-0.15, -0.1) is 0 Å². The second kappa shape index (κ2) is 3.76. The van der Waals surface area contributed by atoms with Gasteiger partial charge in [0.05, 0.1) is 7.11 Å². The van der Waals surface area contributed by atoms with E-state index in [4.69, 9.17) is 10.5 Å². The highest BCUT2D eigenvalue weighted by atomic mass is 16.5. The van der Waals surface area contributed by atoms with Gasteiger partial charge in [-0.1, -0.05) is 0 Å². The molecule has 5 nitrogen and oxygen atoms in total. The molecule has 0 aliphatic carbocycles. The molecule has 80 valence electrons. The third-order valence-electron chi connectivity index (χ3n) is 2.52. The monoisotopic (exact) mass is 207 g/mol. The van der Waals surface area contributed by atoms with Gasteiger partial charge in [-0.3, -0.25) is 4.79 Å². The van der Waals surface area contributed by atoms with Gasteiger partial charge in [0, 0.05) is 24.4 Å². The first kappa shape index (κ1) is 9.76. The predicted octanol–water partition coefficient (Wildman–Crippen LogP) is 0.276. The van der Waals surface area contributed by atoms with Gasteiger partial charge in [0.2, 0.25) is 11.8 Å². The fraction of sp³-hybridized carbons (Fsp3) is 0.400. The number of hydrogen-bond donors (Lipinski definition) is 2. The van der Waals surface area contributed by atoms with Gasteiger partial charge < -0.3 is 15.8 Å². The zero-order chi connectivity index (χ0) is 10.8. The lowest BCUT2D eigenvalue weighted by atomic mass is 9.99. The summed E-state index contributed by atoms with van der Waals surface area (Å²) in [6.45, 7) is 0.640. The van der Waals surface area contributed by atoms with E-state index in [9.17, 15) is 4.79 Å². The number of nitrogens with zero attached hydrogens (tertiary/aromatic N) is 1. The quantitative estimate of drug-likeness (QED) is 0.730. The van der Waals surface area contributed by atoms with Crippen LogP contribution in [-0.2, 0) is 4.79 Å². The first-order valence-electron chi connectivity index (χ1n) is 4.78. The fourth-order valence-electron chi connectivity index (χ4n) is 1.76. The van der Waals surface area contributed by atoms with Gasteiger partial charge >= 0.3 is 0 Å². The molecule has 1 aliphatic rings. The molecule has 0 spiro atoms. The molecule has 0 saturated carbocycles. The summed E-state index contributed by atoms with van der Waals surface area (Å²) in [5, 5.41) is 2.78. The van der Waals surface area contributed by atoms with Gasteiger partial charge in [-0.05, 0) is 12.1 Å². The minimum absolute atomic E-state index is 0.0684. The summed E-state index contributed by atoms with van der Waals surface area (Å²) in [6.07, 6.45) is 0.488. The molecule has 2 rings (SSSR count). The van der Waals surface area contributed by atoms with E-state index in [1.807, 2.05) is 6.07 Å². The van der Waals surface area contributed by atoms with Crippen molar-refractivity contribution < 1.29 is 9.53 Å². The number of amides is 1. The van der Waals surface area contributed by atoms with Gasteiger partial charge in [-0.2, -0.15) is 4.98 Å². The van der Waals surface area contributed by atoms with Crippen LogP contribution in [0.5, 0.6) is 5.88 Å². The maximum atomic E-state index is 11.1. The molecular weight excluding hydrogens is 194 g/mol. The molecule has 15 heavy (non-hydrogen) atoms. The SMILES string of the molecule is COc1nc(N)ccc1[C@H]1CNC(=O)C1. The number of pyridine rings is 1. The Labute approximate surface area is 87.6 Å². The van der Waals surface area contributed by atoms with Crippen molar-refractivity contribution in [2.24, 2.45) is 0 Å². The third kappa shape index (κ3) is 1.86. The smallest absolute Gasteiger partial charge is 0.220 e. The molecule has 1 fully saturated rings. The number of nitrogens with two attached hydrogens (primary N) is 1. The normalized spacial score (nSPS) is 20.1. The van der Waals surface area contributed by atoms with Gasteiger partial charge in [0.15, 0.2) is 0 Å². The molecule has 0 aromatic carbocycles. The van der Waals surface area contributed by atoms with Crippen molar-refractivity contribution in [3.8, 4) is 5.88 Å². The summed E-state index contributed by atoms with van der Waals surface area (Å²) in [5.74, 6) is 1.14. The second-order valence-corrected chi connectivity index (χ2v) is 3.54. The van der Waals surface area contributed by atoms with E-state index in [2.05, 4.69) is 10.3 Å². The maximum Gasteiger partial charge on any atom is 0.220 e. The molecule has 1 atom stereocenters. The molecule has 1 aromatic rings. The lowest BCUT2D eigenvalue weighted by Gasteiger charge is -2.12. The fourth-order valence-corrected chi connectivity index (χ4v) is 1.76. The van der Waals surface area contributed by atoms with Gasteiger partial charge in [0.1, 0.15) is 5.82 Å². The molecule has 2 heterocycles. The van der Waals surface area contributed by atoms with Crippen molar-refractivity contribution in [3.63, 3.8) is 0 Å². The topological polar surface area (TPSA) is 77.2 Å². The minimum atomic E-state index is 0.0684. The molecule has 1 amide bonds. The van der Waals surface area contributed by atoms with E-state index < -0.39 is 0 Å². The zero-order valence-corrected chi connectivity index (χ0v) is 8.49. The van der Waals surface area contributed by atoms with Crippen LogP contribution in [0.3, 0.4) is 0 Å². The number of aromatic nitrogens is 1. The van der Waals surface area contributed by atoms with Crippen molar-refractivity contribution in [2.75, 3.05) is 19.4 Å². The highest BCUT2D eigenvalue weighted by Gasteiger charge is 2.26. The maximum absolute atomic E-state index is 11.1. The average Bonchev–Trinajstić information content (AvgIpc) is 2.64. The standard InChI is InChI=1S/C10H13N3O2/c1-15-10-7(2-3-8(11)13-10)6-4-9(14)12-5-6/h2-3,6H,4-5H2,1H3,(H2,11,13)(H,12,14)/t6-/m1/s1. The Bertz CT molecular complexity index is 392. The van der Waals surface area contributed by atoms with Crippen LogP contribution in [0.1, 0.15) is 17.9 Å². The van der Waals surface area contributed by atoms with E-state index in [1.54, 1.807) is 13.2 Å². The Morgan fingerprint density at radius 2 is 2.40 bits per heavy atom. The van der Waals surface area contributed by atoms with Crippen LogP contribution in [0.2, 0.25) is 0 Å². The van der Waals surface area contributed by atoms with Crippen LogP contribution >= 0.6 is 0 Å². The largest absolute Gasteiger partial charge is 0.481 e. The highest BCUT2D eigenvalue weighted by Crippen LogP contribution is 2.30. The Kier molecular flexibility index (Phi) is 2.45. The number of anilines is 1. The van der Waals surface area contributed by atoms with Crippen LogP contribution in [0, 0.1) is 0 Å². The Morgan fingerprint density at radius 3 is 3.00 bits per heavy atom. The highest BCUT2D eigenvalue weighted by molar-refractivity contribution is 5.79. The summed E-state index contributed by atoms with van der Waals surface area (Å²) in [7, 11) is 1.55. The van der Waals surface area contributed by atoms with Gasteiger partial charge in [-0.25, -0.2) is 0 Å². The number of carbonyl (C=O) groups is 1. The van der Waals surface area contributed by atoms with E-state index in [0.717, 1.165) is 5.56 Å². The van der Waals surface area contributed by atoms with Crippen LogP contribution in [-0.4, -0.2) is 24.5 Å².